The van der Waals surface area contributed by atoms with Gasteiger partial charge in [0, 0.05) is 18.8 Å². The number of hydrogen-bond acceptors (Lipinski definition) is 3. The third-order valence-electron chi connectivity index (χ3n) is 3.71. The van der Waals surface area contributed by atoms with Crippen LogP contribution in [0, 0.1) is 11.8 Å². The van der Waals surface area contributed by atoms with Crippen LogP contribution in [0.15, 0.2) is 24.4 Å². The molecule has 2 aromatic heterocycles. The fraction of sp³-hybridized carbons (Fsp3) is 0.429. The first-order valence-electron chi connectivity index (χ1n) is 6.57. The van der Waals surface area contributed by atoms with E-state index < -0.39 is 0 Å². The fourth-order valence-electron chi connectivity index (χ4n) is 2.73. The molecular formula is C14H17ClN4. The summed E-state index contributed by atoms with van der Waals surface area (Å²) in [4.78, 5) is 4.26. The Kier molecular flexibility index (Phi) is 3.19. The zero-order chi connectivity index (χ0) is 13.4. The van der Waals surface area contributed by atoms with Gasteiger partial charge < -0.3 is 5.73 Å². The van der Waals surface area contributed by atoms with Crippen LogP contribution in [0.5, 0.6) is 0 Å². The molecule has 2 heterocycles. The van der Waals surface area contributed by atoms with Crippen molar-refractivity contribution in [2.45, 2.75) is 26.3 Å². The van der Waals surface area contributed by atoms with Gasteiger partial charge in [0.15, 0.2) is 0 Å². The molecule has 0 atom stereocenters. The van der Waals surface area contributed by atoms with Crippen molar-refractivity contribution in [3.8, 4) is 11.4 Å². The second-order valence-corrected chi connectivity index (χ2v) is 5.82. The molecule has 2 N–H and O–H groups in total. The van der Waals surface area contributed by atoms with E-state index in [0.29, 0.717) is 22.5 Å². The average Bonchev–Trinajstić information content (AvgIpc) is 2.69. The molecule has 0 saturated heterocycles. The first-order chi connectivity index (χ1) is 9.13. The Hall–Kier alpha value is -1.55. The summed E-state index contributed by atoms with van der Waals surface area (Å²) >= 11 is 6.13. The zero-order valence-corrected chi connectivity index (χ0v) is 11.6. The SMILES string of the molecule is CC1CC(Cn2nc(-c3ncccc3Cl)cc2N)C1. The van der Waals surface area contributed by atoms with Crippen LogP contribution in [0.3, 0.4) is 0 Å². The maximum Gasteiger partial charge on any atom is 0.122 e. The monoisotopic (exact) mass is 276 g/mol. The summed E-state index contributed by atoms with van der Waals surface area (Å²) in [5, 5.41) is 5.13. The zero-order valence-electron chi connectivity index (χ0n) is 10.9. The maximum absolute atomic E-state index is 6.13. The number of nitrogen functional groups attached to an aromatic ring is 1. The van der Waals surface area contributed by atoms with Gasteiger partial charge in [-0.25, -0.2) is 4.68 Å². The Balaban J connectivity index is 1.83. The van der Waals surface area contributed by atoms with Crippen molar-refractivity contribution in [2.75, 3.05) is 5.73 Å². The van der Waals surface area contributed by atoms with Crippen LogP contribution < -0.4 is 5.73 Å². The van der Waals surface area contributed by atoms with E-state index in [2.05, 4.69) is 17.0 Å². The normalized spacial score (nSPS) is 22.2. The molecule has 100 valence electrons. The predicted octanol–water partition coefficient (Wildman–Crippen LogP) is 3.23. The quantitative estimate of drug-likeness (QED) is 0.936. The molecule has 1 saturated carbocycles. The minimum atomic E-state index is 0.601. The summed E-state index contributed by atoms with van der Waals surface area (Å²) < 4.78 is 1.87. The van der Waals surface area contributed by atoms with Gasteiger partial charge in [0.1, 0.15) is 17.2 Å². The van der Waals surface area contributed by atoms with E-state index in [-0.39, 0.29) is 0 Å². The maximum atomic E-state index is 6.13. The third kappa shape index (κ3) is 2.45. The highest BCUT2D eigenvalue weighted by Gasteiger charge is 2.26. The van der Waals surface area contributed by atoms with Crippen molar-refractivity contribution in [3.63, 3.8) is 0 Å². The number of hydrogen-bond donors (Lipinski definition) is 1. The second kappa shape index (κ2) is 4.85. The lowest BCUT2D eigenvalue weighted by Gasteiger charge is -2.32. The number of aromatic nitrogens is 3. The van der Waals surface area contributed by atoms with Crippen LogP contribution in [0.1, 0.15) is 19.8 Å². The number of anilines is 1. The van der Waals surface area contributed by atoms with E-state index >= 15 is 0 Å². The van der Waals surface area contributed by atoms with Crippen molar-refractivity contribution in [1.82, 2.24) is 14.8 Å². The molecule has 0 aliphatic heterocycles. The van der Waals surface area contributed by atoms with Gasteiger partial charge in [0.25, 0.3) is 0 Å². The molecule has 0 amide bonds. The predicted molar refractivity (Wildman–Crippen MR) is 76.8 cm³/mol. The summed E-state index contributed by atoms with van der Waals surface area (Å²) in [6, 6.07) is 5.46. The van der Waals surface area contributed by atoms with Gasteiger partial charge in [-0.2, -0.15) is 5.10 Å². The van der Waals surface area contributed by atoms with Gasteiger partial charge in [0.05, 0.1) is 5.02 Å². The largest absolute Gasteiger partial charge is 0.384 e. The highest BCUT2D eigenvalue weighted by Crippen LogP contribution is 2.35. The van der Waals surface area contributed by atoms with Gasteiger partial charge in [-0.05, 0) is 36.8 Å². The Bertz CT molecular complexity index is 587. The molecule has 0 radical (unpaired) electrons. The van der Waals surface area contributed by atoms with E-state index in [4.69, 9.17) is 17.3 Å². The van der Waals surface area contributed by atoms with E-state index in [1.165, 1.54) is 12.8 Å². The third-order valence-corrected chi connectivity index (χ3v) is 4.02. The van der Waals surface area contributed by atoms with E-state index in [1.807, 2.05) is 22.9 Å². The van der Waals surface area contributed by atoms with Crippen LogP contribution in [0.4, 0.5) is 5.82 Å². The number of nitrogens with zero attached hydrogens (tertiary/aromatic N) is 3. The molecule has 2 aromatic rings. The van der Waals surface area contributed by atoms with Crippen molar-refractivity contribution >= 4 is 17.4 Å². The van der Waals surface area contributed by atoms with Crippen molar-refractivity contribution in [1.29, 1.82) is 0 Å². The molecule has 3 rings (SSSR count). The molecule has 0 spiro atoms. The molecule has 1 aliphatic carbocycles. The number of rotatable bonds is 3. The Morgan fingerprint density at radius 3 is 2.95 bits per heavy atom. The molecule has 1 fully saturated rings. The molecule has 0 aromatic carbocycles. The Morgan fingerprint density at radius 1 is 1.47 bits per heavy atom. The Morgan fingerprint density at radius 2 is 2.26 bits per heavy atom. The lowest BCUT2D eigenvalue weighted by atomic mass is 9.76. The minimum absolute atomic E-state index is 0.601. The topological polar surface area (TPSA) is 56.7 Å². The molecule has 19 heavy (non-hydrogen) atoms. The Labute approximate surface area is 117 Å². The van der Waals surface area contributed by atoms with E-state index in [0.717, 1.165) is 18.2 Å². The fourth-order valence-corrected chi connectivity index (χ4v) is 2.95. The second-order valence-electron chi connectivity index (χ2n) is 5.41. The summed E-state index contributed by atoms with van der Waals surface area (Å²) in [5.41, 5.74) is 7.46. The highest BCUT2D eigenvalue weighted by atomic mass is 35.5. The van der Waals surface area contributed by atoms with Gasteiger partial charge in [-0.1, -0.05) is 18.5 Å². The average molecular weight is 277 g/mol. The lowest BCUT2D eigenvalue weighted by Crippen LogP contribution is -2.26. The standard InChI is InChI=1S/C14H17ClN4/c1-9-5-10(6-9)8-19-13(16)7-12(18-19)14-11(15)3-2-4-17-14/h2-4,7,9-10H,5-6,8,16H2,1H3. The van der Waals surface area contributed by atoms with Gasteiger partial charge in [-0.15, -0.1) is 0 Å². The van der Waals surface area contributed by atoms with E-state index in [9.17, 15) is 0 Å². The van der Waals surface area contributed by atoms with Crippen LogP contribution in [-0.4, -0.2) is 14.8 Å². The number of pyridine rings is 1. The summed E-state index contributed by atoms with van der Waals surface area (Å²) in [6.45, 7) is 3.17. The summed E-state index contributed by atoms with van der Waals surface area (Å²) in [7, 11) is 0. The van der Waals surface area contributed by atoms with Crippen LogP contribution in [-0.2, 0) is 6.54 Å². The molecule has 1 aliphatic rings. The van der Waals surface area contributed by atoms with Gasteiger partial charge >= 0.3 is 0 Å². The first-order valence-corrected chi connectivity index (χ1v) is 6.95. The summed E-state index contributed by atoms with van der Waals surface area (Å²) in [6.07, 6.45) is 4.24. The number of nitrogens with two attached hydrogens (primary N) is 1. The molecular weight excluding hydrogens is 260 g/mol. The van der Waals surface area contributed by atoms with Gasteiger partial charge in [-0.3, -0.25) is 4.98 Å². The molecule has 0 unspecified atom stereocenters. The molecule has 4 nitrogen and oxygen atoms in total. The van der Waals surface area contributed by atoms with Crippen molar-refractivity contribution in [2.24, 2.45) is 11.8 Å². The lowest BCUT2D eigenvalue weighted by molar-refractivity contribution is 0.183. The summed E-state index contributed by atoms with van der Waals surface area (Å²) in [5.74, 6) is 2.21. The van der Waals surface area contributed by atoms with Crippen LogP contribution in [0.2, 0.25) is 5.02 Å². The highest BCUT2D eigenvalue weighted by molar-refractivity contribution is 6.32. The first kappa shape index (κ1) is 12.5. The van der Waals surface area contributed by atoms with Crippen LogP contribution >= 0.6 is 11.6 Å². The van der Waals surface area contributed by atoms with Crippen molar-refractivity contribution in [3.05, 3.63) is 29.4 Å². The smallest absolute Gasteiger partial charge is 0.122 e. The van der Waals surface area contributed by atoms with Crippen LogP contribution in [0.25, 0.3) is 11.4 Å². The van der Waals surface area contributed by atoms with Gasteiger partial charge in [0.2, 0.25) is 0 Å². The number of halogens is 1. The molecule has 0 bridgehead atoms. The van der Waals surface area contributed by atoms with E-state index in [1.54, 1.807) is 6.20 Å². The van der Waals surface area contributed by atoms with Crippen molar-refractivity contribution < 1.29 is 0 Å². The molecule has 5 heteroatoms. The minimum Gasteiger partial charge on any atom is -0.384 e.